The number of hydrogen-bond donors (Lipinski definition) is 1. The first kappa shape index (κ1) is 19.5. The van der Waals surface area contributed by atoms with Crippen LogP contribution in [-0.4, -0.2) is 38.2 Å². The smallest absolute Gasteiger partial charge is 0.295 e. The molecule has 0 saturated carbocycles. The van der Waals surface area contributed by atoms with Crippen LogP contribution in [0.25, 0.3) is 5.76 Å². The lowest BCUT2D eigenvalue weighted by Crippen LogP contribution is -2.31. The van der Waals surface area contributed by atoms with E-state index in [4.69, 9.17) is 0 Å². The molecule has 1 aromatic carbocycles. The van der Waals surface area contributed by atoms with E-state index < -0.39 is 17.7 Å². The number of nitrogens with zero attached hydrogens (tertiary/aromatic N) is 3. The molecular weight excluding hydrogens is 378 g/mol. The van der Waals surface area contributed by atoms with Crippen LogP contribution in [0.3, 0.4) is 0 Å². The van der Waals surface area contributed by atoms with Crippen LogP contribution in [0.15, 0.2) is 78.8 Å². The van der Waals surface area contributed by atoms with Gasteiger partial charge in [-0.25, -0.2) is 0 Å². The average Bonchev–Trinajstić information content (AvgIpc) is 3.04. The Balaban J connectivity index is 1.78. The molecule has 6 heteroatoms. The number of rotatable bonds is 5. The SMILES string of the molecule is Cc1ccc(C2C(=C(O)c3ccncc3)C(=O)C(=O)N2CCc2ccccn2)cc1. The molecule has 0 bridgehead atoms. The van der Waals surface area contributed by atoms with Gasteiger partial charge in [-0.15, -0.1) is 0 Å². The number of aryl methyl sites for hydroxylation is 1. The van der Waals surface area contributed by atoms with Crippen molar-refractivity contribution in [2.24, 2.45) is 0 Å². The molecule has 3 heterocycles. The zero-order valence-electron chi connectivity index (χ0n) is 16.5. The van der Waals surface area contributed by atoms with E-state index in [-0.39, 0.29) is 11.3 Å². The van der Waals surface area contributed by atoms with Crippen LogP contribution in [-0.2, 0) is 16.0 Å². The van der Waals surface area contributed by atoms with Gasteiger partial charge in [-0.2, -0.15) is 0 Å². The zero-order valence-corrected chi connectivity index (χ0v) is 16.5. The third kappa shape index (κ3) is 3.72. The van der Waals surface area contributed by atoms with E-state index in [9.17, 15) is 14.7 Å². The van der Waals surface area contributed by atoms with Crippen LogP contribution in [0, 0.1) is 6.92 Å². The maximum atomic E-state index is 13.0. The molecule has 3 aromatic rings. The van der Waals surface area contributed by atoms with Crippen molar-refractivity contribution in [3.05, 3.63) is 101 Å². The predicted octanol–water partition coefficient (Wildman–Crippen LogP) is 3.45. The number of Topliss-reactive ketones (excluding diaryl/α,β-unsaturated/α-hetero) is 1. The van der Waals surface area contributed by atoms with Gasteiger partial charge in [0.2, 0.25) is 0 Å². The Bertz CT molecular complexity index is 1090. The Morgan fingerprint density at radius 3 is 2.40 bits per heavy atom. The molecule has 1 unspecified atom stereocenters. The van der Waals surface area contributed by atoms with Crippen molar-refractivity contribution >= 4 is 17.4 Å². The maximum Gasteiger partial charge on any atom is 0.295 e. The summed E-state index contributed by atoms with van der Waals surface area (Å²) in [5.41, 5.74) is 3.21. The summed E-state index contributed by atoms with van der Waals surface area (Å²) in [6, 6.07) is 15.8. The third-order valence-electron chi connectivity index (χ3n) is 5.22. The Morgan fingerprint density at radius 1 is 1.00 bits per heavy atom. The molecule has 6 nitrogen and oxygen atoms in total. The van der Waals surface area contributed by atoms with Crippen LogP contribution >= 0.6 is 0 Å². The largest absolute Gasteiger partial charge is 0.507 e. The maximum absolute atomic E-state index is 13.0. The number of ketones is 1. The molecule has 1 aliphatic rings. The van der Waals surface area contributed by atoms with Crippen molar-refractivity contribution in [3.63, 3.8) is 0 Å². The second-order valence-corrected chi connectivity index (χ2v) is 7.21. The Hall–Kier alpha value is -3.80. The number of carbonyl (C=O) groups excluding carboxylic acids is 2. The highest BCUT2D eigenvalue weighted by Crippen LogP contribution is 2.39. The molecule has 4 rings (SSSR count). The standard InChI is InChI=1S/C24H21N3O3/c1-16-5-7-17(8-6-16)21-20(22(28)18-9-13-25-14-10-18)23(29)24(30)27(21)15-11-19-4-2-3-12-26-19/h2-10,12-14,21,28H,11,15H2,1H3. The fraction of sp³-hybridized carbons (Fsp3) is 0.167. The lowest BCUT2D eigenvalue weighted by Gasteiger charge is -2.25. The van der Waals surface area contributed by atoms with Crippen LogP contribution in [0.2, 0.25) is 0 Å². The lowest BCUT2D eigenvalue weighted by atomic mass is 9.95. The average molecular weight is 399 g/mol. The summed E-state index contributed by atoms with van der Waals surface area (Å²) >= 11 is 0. The molecule has 0 spiro atoms. The van der Waals surface area contributed by atoms with Crippen LogP contribution in [0.1, 0.15) is 28.4 Å². The predicted molar refractivity (Wildman–Crippen MR) is 112 cm³/mol. The molecule has 1 saturated heterocycles. The number of aliphatic hydroxyl groups excluding tert-OH is 1. The van der Waals surface area contributed by atoms with E-state index in [1.54, 1.807) is 18.3 Å². The number of aromatic nitrogens is 2. The van der Waals surface area contributed by atoms with Gasteiger partial charge in [-0.1, -0.05) is 35.9 Å². The van der Waals surface area contributed by atoms with Gasteiger partial charge < -0.3 is 10.0 Å². The van der Waals surface area contributed by atoms with Crippen LogP contribution in [0.4, 0.5) is 0 Å². The summed E-state index contributed by atoms with van der Waals surface area (Å²) in [6.07, 6.45) is 5.27. The summed E-state index contributed by atoms with van der Waals surface area (Å²) in [4.78, 5) is 35.7. The van der Waals surface area contributed by atoms with Gasteiger partial charge in [0, 0.05) is 42.8 Å². The van der Waals surface area contributed by atoms with Gasteiger partial charge in [0.25, 0.3) is 11.7 Å². The lowest BCUT2D eigenvalue weighted by molar-refractivity contribution is -0.139. The fourth-order valence-electron chi connectivity index (χ4n) is 3.65. The highest BCUT2D eigenvalue weighted by molar-refractivity contribution is 6.46. The second-order valence-electron chi connectivity index (χ2n) is 7.21. The second kappa shape index (κ2) is 8.29. The number of carbonyl (C=O) groups is 2. The molecular formula is C24H21N3O3. The van der Waals surface area contributed by atoms with Crippen molar-refractivity contribution < 1.29 is 14.7 Å². The van der Waals surface area contributed by atoms with E-state index in [1.807, 2.05) is 49.4 Å². The van der Waals surface area contributed by atoms with Crippen molar-refractivity contribution in [2.75, 3.05) is 6.54 Å². The van der Waals surface area contributed by atoms with Gasteiger partial charge in [-0.05, 0) is 36.8 Å². The summed E-state index contributed by atoms with van der Waals surface area (Å²) in [7, 11) is 0. The third-order valence-corrected chi connectivity index (χ3v) is 5.22. The van der Waals surface area contributed by atoms with Gasteiger partial charge >= 0.3 is 0 Å². The van der Waals surface area contributed by atoms with E-state index >= 15 is 0 Å². The Labute approximate surface area is 174 Å². The van der Waals surface area contributed by atoms with Crippen LogP contribution in [0.5, 0.6) is 0 Å². The van der Waals surface area contributed by atoms with Gasteiger partial charge in [0.1, 0.15) is 5.76 Å². The molecule has 0 radical (unpaired) electrons. The quantitative estimate of drug-likeness (QED) is 0.404. The Morgan fingerprint density at radius 2 is 1.73 bits per heavy atom. The molecule has 1 fully saturated rings. The summed E-state index contributed by atoms with van der Waals surface area (Å²) in [6.45, 7) is 2.28. The number of pyridine rings is 2. The number of hydrogen-bond acceptors (Lipinski definition) is 5. The van der Waals surface area contributed by atoms with Crippen molar-refractivity contribution in [1.82, 2.24) is 14.9 Å². The van der Waals surface area contributed by atoms with Gasteiger partial charge in [0.05, 0.1) is 11.6 Å². The summed E-state index contributed by atoms with van der Waals surface area (Å²) in [5.74, 6) is -1.50. The molecule has 1 amide bonds. The fourth-order valence-corrected chi connectivity index (χ4v) is 3.65. The first-order chi connectivity index (χ1) is 14.6. The monoisotopic (exact) mass is 399 g/mol. The number of aliphatic hydroxyl groups is 1. The van der Waals surface area contributed by atoms with Crippen molar-refractivity contribution in [2.45, 2.75) is 19.4 Å². The Kier molecular flexibility index (Phi) is 5.39. The first-order valence-electron chi connectivity index (χ1n) is 9.71. The molecule has 2 aromatic heterocycles. The van der Waals surface area contributed by atoms with E-state index in [0.29, 0.717) is 18.5 Å². The van der Waals surface area contributed by atoms with Crippen LogP contribution < -0.4 is 0 Å². The summed E-state index contributed by atoms with van der Waals surface area (Å²) in [5, 5.41) is 10.9. The highest BCUT2D eigenvalue weighted by Gasteiger charge is 2.45. The molecule has 0 aliphatic carbocycles. The van der Waals surface area contributed by atoms with Gasteiger partial charge in [0.15, 0.2) is 0 Å². The molecule has 150 valence electrons. The zero-order chi connectivity index (χ0) is 21.1. The molecule has 1 N–H and O–H groups in total. The minimum absolute atomic E-state index is 0.0936. The minimum Gasteiger partial charge on any atom is -0.507 e. The van der Waals surface area contributed by atoms with Crippen molar-refractivity contribution in [1.29, 1.82) is 0 Å². The van der Waals surface area contributed by atoms with E-state index in [2.05, 4.69) is 9.97 Å². The highest BCUT2D eigenvalue weighted by atomic mass is 16.3. The topological polar surface area (TPSA) is 83.4 Å². The summed E-state index contributed by atoms with van der Waals surface area (Å²) < 4.78 is 0. The first-order valence-corrected chi connectivity index (χ1v) is 9.71. The minimum atomic E-state index is -0.684. The van der Waals surface area contributed by atoms with E-state index in [0.717, 1.165) is 16.8 Å². The normalized spacial score (nSPS) is 18.0. The molecule has 1 aliphatic heterocycles. The molecule has 30 heavy (non-hydrogen) atoms. The molecule has 1 atom stereocenters. The number of amides is 1. The van der Waals surface area contributed by atoms with Crippen molar-refractivity contribution in [3.8, 4) is 0 Å². The van der Waals surface area contributed by atoms with Gasteiger partial charge in [-0.3, -0.25) is 19.6 Å². The number of likely N-dealkylation sites (tertiary alicyclic amines) is 1. The van der Waals surface area contributed by atoms with E-state index in [1.165, 1.54) is 17.3 Å². The number of benzene rings is 1.